The molecule has 0 saturated carbocycles. The Bertz CT molecular complexity index is 1590. The van der Waals surface area contributed by atoms with E-state index in [1.165, 1.54) is 0 Å². The van der Waals surface area contributed by atoms with Crippen LogP contribution in [0.25, 0.3) is 0 Å². The van der Waals surface area contributed by atoms with E-state index < -0.39 is 6.04 Å². The van der Waals surface area contributed by atoms with E-state index >= 15 is 0 Å². The van der Waals surface area contributed by atoms with Crippen LogP contribution in [-0.2, 0) is 11.4 Å². The molecule has 212 valence electrons. The fourth-order valence-corrected chi connectivity index (χ4v) is 5.71. The molecule has 4 aromatic rings. The second kappa shape index (κ2) is 12.8. The molecule has 1 unspecified atom stereocenters. The van der Waals surface area contributed by atoms with Crippen molar-refractivity contribution in [3.63, 3.8) is 0 Å². The molecular formula is C31H32BrN5O3S. The van der Waals surface area contributed by atoms with Crippen molar-refractivity contribution in [3.05, 3.63) is 99.2 Å². The summed E-state index contributed by atoms with van der Waals surface area (Å²) in [6, 6.07) is 20.9. The lowest BCUT2D eigenvalue weighted by molar-refractivity contribution is -0.113. The summed E-state index contributed by atoms with van der Waals surface area (Å²) in [5.74, 6) is 2.44. The number of amides is 1. The Kier molecular flexibility index (Phi) is 8.99. The number of methoxy groups -OCH3 is 1. The average Bonchev–Trinajstić information content (AvgIpc) is 3.37. The van der Waals surface area contributed by atoms with Crippen LogP contribution in [0.15, 0.2) is 87.6 Å². The number of allylic oxidation sites excluding steroid dienone is 1. The highest BCUT2D eigenvalue weighted by Gasteiger charge is 2.35. The number of nitrogens with zero attached hydrogens (tertiary/aromatic N) is 3. The van der Waals surface area contributed by atoms with Gasteiger partial charge in [0.1, 0.15) is 12.6 Å². The molecule has 2 N–H and O–H groups in total. The van der Waals surface area contributed by atoms with Crippen molar-refractivity contribution >= 4 is 45.2 Å². The van der Waals surface area contributed by atoms with E-state index in [0.29, 0.717) is 40.5 Å². The molecule has 1 aliphatic heterocycles. The maximum absolute atomic E-state index is 13.8. The number of hydrogen-bond acceptors (Lipinski definition) is 7. The van der Waals surface area contributed by atoms with Gasteiger partial charge in [0, 0.05) is 21.6 Å². The summed E-state index contributed by atoms with van der Waals surface area (Å²) in [7, 11) is 1.61. The number of aromatic nitrogens is 3. The van der Waals surface area contributed by atoms with Gasteiger partial charge in [0.15, 0.2) is 11.5 Å². The molecule has 10 heteroatoms. The molecule has 0 aliphatic carbocycles. The molecule has 5 rings (SSSR count). The predicted molar refractivity (Wildman–Crippen MR) is 167 cm³/mol. The fraction of sp³-hybridized carbons (Fsp3) is 0.258. The fourth-order valence-electron chi connectivity index (χ4n) is 4.58. The van der Waals surface area contributed by atoms with E-state index in [4.69, 9.17) is 19.6 Å². The predicted octanol–water partition coefficient (Wildman–Crippen LogP) is 7.37. The van der Waals surface area contributed by atoms with Crippen LogP contribution in [0.3, 0.4) is 0 Å². The first kappa shape index (κ1) is 28.8. The zero-order valence-corrected chi connectivity index (χ0v) is 25.8. The highest BCUT2D eigenvalue weighted by molar-refractivity contribution is 9.10. The highest BCUT2D eigenvalue weighted by atomic mass is 79.9. The van der Waals surface area contributed by atoms with Gasteiger partial charge in [-0.3, -0.25) is 4.79 Å². The number of halogens is 1. The van der Waals surface area contributed by atoms with Crippen LogP contribution in [-0.4, -0.2) is 33.5 Å². The molecule has 2 heterocycles. The van der Waals surface area contributed by atoms with Gasteiger partial charge in [-0.25, -0.2) is 4.68 Å². The van der Waals surface area contributed by atoms with E-state index in [9.17, 15) is 4.79 Å². The molecule has 0 bridgehead atoms. The van der Waals surface area contributed by atoms with E-state index in [1.54, 1.807) is 23.6 Å². The summed E-state index contributed by atoms with van der Waals surface area (Å²) in [6.45, 7) is 6.41. The molecule has 8 nitrogen and oxygen atoms in total. The number of ether oxygens (including phenoxy) is 2. The minimum absolute atomic E-state index is 0.221. The number of benzene rings is 3. The lowest BCUT2D eigenvalue weighted by Gasteiger charge is -2.29. The van der Waals surface area contributed by atoms with Gasteiger partial charge in [0.05, 0.1) is 12.7 Å². The third-order valence-corrected chi connectivity index (χ3v) is 8.15. The molecule has 1 aromatic heterocycles. The molecule has 1 amide bonds. The quantitative estimate of drug-likeness (QED) is 0.176. The van der Waals surface area contributed by atoms with Crippen molar-refractivity contribution in [3.8, 4) is 11.5 Å². The van der Waals surface area contributed by atoms with E-state index in [0.717, 1.165) is 39.0 Å². The lowest BCUT2D eigenvalue weighted by atomic mass is 9.94. The number of anilines is 2. The Hall–Kier alpha value is -3.76. The number of carbonyl (C=O) groups is 1. The standard InChI is InChI=1S/C31H32BrN5O3S/c1-5-15-41-31-35-30-33-20(3)27(29(38)34-24-12-9-19(2)10-13-24)28(37(30)36-31)22-11-14-25(26(17-22)39-4)40-18-21-7-6-8-23(32)16-21/h6-14,16-17,28H,5,15,18H2,1-4H3,(H,34,38)(H,33,35,36). The summed E-state index contributed by atoms with van der Waals surface area (Å²) in [4.78, 5) is 18.5. The molecule has 0 fully saturated rings. The third-order valence-electron chi connectivity index (χ3n) is 6.61. The van der Waals surface area contributed by atoms with Gasteiger partial charge in [-0.2, -0.15) is 4.98 Å². The van der Waals surface area contributed by atoms with Crippen LogP contribution in [0.2, 0.25) is 0 Å². The first-order chi connectivity index (χ1) is 19.9. The largest absolute Gasteiger partial charge is 0.493 e. The summed E-state index contributed by atoms with van der Waals surface area (Å²) in [6.07, 6.45) is 1.01. The Morgan fingerprint density at radius 1 is 1.10 bits per heavy atom. The molecular weight excluding hydrogens is 602 g/mol. The summed E-state index contributed by atoms with van der Waals surface area (Å²) < 4.78 is 14.6. The van der Waals surface area contributed by atoms with E-state index in [2.05, 4.69) is 33.5 Å². The van der Waals surface area contributed by atoms with E-state index in [-0.39, 0.29) is 5.91 Å². The summed E-state index contributed by atoms with van der Waals surface area (Å²) in [5, 5.41) is 11.8. The number of thioether (sulfide) groups is 1. The van der Waals surface area contributed by atoms with Crippen LogP contribution < -0.4 is 20.1 Å². The molecule has 0 spiro atoms. The van der Waals surface area contributed by atoms with Crippen molar-refractivity contribution in [1.82, 2.24) is 14.8 Å². The molecule has 0 saturated heterocycles. The first-order valence-corrected chi connectivity index (χ1v) is 15.1. The van der Waals surface area contributed by atoms with Crippen molar-refractivity contribution in [2.24, 2.45) is 0 Å². The van der Waals surface area contributed by atoms with E-state index in [1.807, 2.05) is 80.6 Å². The average molecular weight is 635 g/mol. The van der Waals surface area contributed by atoms with Gasteiger partial charge in [-0.1, -0.05) is 70.5 Å². The van der Waals surface area contributed by atoms with Crippen LogP contribution in [0.5, 0.6) is 11.5 Å². The normalized spacial score (nSPS) is 14.3. The minimum Gasteiger partial charge on any atom is -0.493 e. The van der Waals surface area contributed by atoms with Gasteiger partial charge in [-0.05, 0) is 67.8 Å². The second-order valence-electron chi connectivity index (χ2n) is 9.73. The molecule has 0 radical (unpaired) electrons. The molecule has 1 atom stereocenters. The maximum atomic E-state index is 13.8. The SMILES string of the molecule is CCCSc1nc2n(n1)C(c1ccc(OCc3cccc(Br)c3)c(OC)c1)C(C(=O)Nc1ccc(C)cc1)=C(C)N2. The molecule has 3 aromatic carbocycles. The van der Waals surface area contributed by atoms with Crippen LogP contribution in [0.4, 0.5) is 11.6 Å². The Balaban J connectivity index is 1.50. The molecule has 1 aliphatic rings. The topological polar surface area (TPSA) is 90.3 Å². The summed E-state index contributed by atoms with van der Waals surface area (Å²) >= 11 is 5.10. The Morgan fingerprint density at radius 3 is 2.63 bits per heavy atom. The van der Waals surface area contributed by atoms with Crippen molar-refractivity contribution < 1.29 is 14.3 Å². The van der Waals surface area contributed by atoms with Gasteiger partial charge < -0.3 is 20.1 Å². The van der Waals surface area contributed by atoms with Gasteiger partial charge in [-0.15, -0.1) is 5.10 Å². The van der Waals surface area contributed by atoms with Gasteiger partial charge in [0.25, 0.3) is 5.91 Å². The van der Waals surface area contributed by atoms with Crippen molar-refractivity contribution in [1.29, 1.82) is 0 Å². The van der Waals surface area contributed by atoms with Crippen LogP contribution in [0, 0.1) is 6.92 Å². The Labute approximate surface area is 252 Å². The summed E-state index contributed by atoms with van der Waals surface area (Å²) in [5.41, 5.74) is 4.94. The number of aryl methyl sites for hydroxylation is 1. The number of carbonyl (C=O) groups excluding carboxylic acids is 1. The number of nitrogens with one attached hydrogen (secondary N) is 2. The van der Waals surface area contributed by atoms with Crippen molar-refractivity contribution in [2.75, 3.05) is 23.5 Å². The zero-order chi connectivity index (χ0) is 28.9. The number of rotatable bonds is 10. The molecule has 41 heavy (non-hydrogen) atoms. The minimum atomic E-state index is -0.534. The Morgan fingerprint density at radius 2 is 1.90 bits per heavy atom. The number of hydrogen-bond donors (Lipinski definition) is 2. The highest BCUT2D eigenvalue weighted by Crippen LogP contribution is 2.40. The van der Waals surface area contributed by atoms with Crippen LogP contribution in [0.1, 0.15) is 43.0 Å². The monoisotopic (exact) mass is 633 g/mol. The van der Waals surface area contributed by atoms with Crippen LogP contribution >= 0.6 is 27.7 Å². The maximum Gasteiger partial charge on any atom is 0.255 e. The van der Waals surface area contributed by atoms with Gasteiger partial charge in [0.2, 0.25) is 11.1 Å². The number of fused-ring (bicyclic) bond motifs is 1. The van der Waals surface area contributed by atoms with Crippen molar-refractivity contribution in [2.45, 2.75) is 45.0 Å². The van der Waals surface area contributed by atoms with Gasteiger partial charge >= 0.3 is 0 Å². The lowest BCUT2D eigenvalue weighted by Crippen LogP contribution is -2.31. The third kappa shape index (κ3) is 6.60. The first-order valence-electron chi connectivity index (χ1n) is 13.4. The smallest absolute Gasteiger partial charge is 0.255 e. The second-order valence-corrected chi connectivity index (χ2v) is 11.7. The zero-order valence-electron chi connectivity index (χ0n) is 23.4.